The Bertz CT molecular complexity index is 653. The fraction of sp³-hybridized carbons (Fsp3) is 0.529. The molecule has 1 atom stereocenters. The first-order chi connectivity index (χ1) is 11.6. The van der Waals surface area contributed by atoms with Gasteiger partial charge in [-0.3, -0.25) is 4.90 Å². The van der Waals surface area contributed by atoms with Gasteiger partial charge in [0.25, 0.3) is 0 Å². The first-order valence-corrected chi connectivity index (χ1v) is 8.82. The normalized spacial score (nSPS) is 17.2. The van der Waals surface area contributed by atoms with Crippen LogP contribution in [0.1, 0.15) is 32.4 Å². The molecule has 0 aliphatic carbocycles. The molecule has 1 amide bonds. The molecule has 0 bridgehead atoms. The summed E-state index contributed by atoms with van der Waals surface area (Å²) in [7, 11) is 0. The lowest BCUT2D eigenvalue weighted by Crippen LogP contribution is -3.16. The Labute approximate surface area is 157 Å². The third-order valence-electron chi connectivity index (χ3n) is 3.97. The first-order valence-electron chi connectivity index (χ1n) is 8.07. The molecule has 1 heterocycles. The van der Waals surface area contributed by atoms with E-state index in [4.69, 9.17) is 27.9 Å². The molecule has 25 heavy (non-hydrogen) atoms. The molecule has 1 N–H and O–H groups in total. The van der Waals surface area contributed by atoms with E-state index in [-0.39, 0.29) is 6.09 Å². The standard InChI is InChI=1S/C17H22Cl2N2O4/c1-17(2,3)25-16(24)21-8-6-20(7-9-21)14(15(22)23)12-5-4-11(18)10-13(12)19/h4-5,10,14H,6-9H2,1-3H3,(H,22,23)/t14-/m1/s1. The van der Waals surface area contributed by atoms with Gasteiger partial charge in [-0.1, -0.05) is 23.2 Å². The van der Waals surface area contributed by atoms with Crippen LogP contribution in [0.25, 0.3) is 0 Å². The van der Waals surface area contributed by atoms with Crippen molar-refractivity contribution in [3.8, 4) is 0 Å². The molecular formula is C17H22Cl2N2O4. The highest BCUT2D eigenvalue weighted by Crippen LogP contribution is 2.25. The zero-order chi connectivity index (χ0) is 18.8. The van der Waals surface area contributed by atoms with Gasteiger partial charge >= 0.3 is 6.09 Å². The van der Waals surface area contributed by atoms with Crippen LogP contribution in [0, 0.1) is 0 Å². The second kappa shape index (κ2) is 7.81. The minimum Gasteiger partial charge on any atom is -0.544 e. The van der Waals surface area contributed by atoms with E-state index in [9.17, 15) is 14.7 Å². The molecule has 1 aromatic rings. The molecule has 1 aliphatic heterocycles. The van der Waals surface area contributed by atoms with Crippen LogP contribution in [0.15, 0.2) is 18.2 Å². The molecular weight excluding hydrogens is 367 g/mol. The molecule has 1 aliphatic rings. The van der Waals surface area contributed by atoms with Crippen molar-refractivity contribution < 1.29 is 24.3 Å². The van der Waals surface area contributed by atoms with Gasteiger partial charge in [-0.25, -0.2) is 4.79 Å². The maximum atomic E-state index is 12.1. The number of benzene rings is 1. The number of carbonyl (C=O) groups is 2. The third kappa shape index (κ3) is 5.23. The summed E-state index contributed by atoms with van der Waals surface area (Å²) in [5.41, 5.74) is -0.0994. The summed E-state index contributed by atoms with van der Waals surface area (Å²) in [5.74, 6) is -1.20. The molecule has 0 unspecified atom stereocenters. The Morgan fingerprint density at radius 2 is 1.84 bits per heavy atom. The molecule has 0 aromatic heterocycles. The summed E-state index contributed by atoms with van der Waals surface area (Å²) >= 11 is 12.0. The highest BCUT2D eigenvalue weighted by molar-refractivity contribution is 6.35. The van der Waals surface area contributed by atoms with Gasteiger partial charge in [0.2, 0.25) is 0 Å². The van der Waals surface area contributed by atoms with Gasteiger partial charge < -0.3 is 19.5 Å². The average molecular weight is 389 g/mol. The fourth-order valence-corrected chi connectivity index (χ4v) is 3.36. The van der Waals surface area contributed by atoms with Gasteiger partial charge in [0, 0.05) is 10.6 Å². The van der Waals surface area contributed by atoms with Gasteiger partial charge in [0.1, 0.15) is 11.6 Å². The van der Waals surface area contributed by atoms with Crippen LogP contribution in [0.2, 0.25) is 10.0 Å². The number of carbonyl (C=O) groups excluding carboxylic acids is 2. The maximum absolute atomic E-state index is 12.1. The summed E-state index contributed by atoms with van der Waals surface area (Å²) in [6.07, 6.45) is -0.388. The highest BCUT2D eigenvalue weighted by atomic mass is 35.5. The lowest BCUT2D eigenvalue weighted by atomic mass is 10.0. The Kier molecular flexibility index (Phi) is 6.19. The number of piperazine rings is 1. The quantitative estimate of drug-likeness (QED) is 0.835. The summed E-state index contributed by atoms with van der Waals surface area (Å²) in [4.78, 5) is 26.2. The number of amides is 1. The first kappa shape index (κ1) is 19.8. The van der Waals surface area contributed by atoms with Crippen LogP contribution < -0.4 is 10.0 Å². The Hall–Kier alpha value is -1.50. The van der Waals surface area contributed by atoms with Gasteiger partial charge in [0.05, 0.1) is 31.2 Å². The van der Waals surface area contributed by atoms with E-state index in [1.54, 1.807) is 37.8 Å². The Balaban J connectivity index is 2.08. The van der Waals surface area contributed by atoms with Crippen molar-refractivity contribution in [2.45, 2.75) is 32.4 Å². The van der Waals surface area contributed by atoms with Crippen molar-refractivity contribution in [1.29, 1.82) is 0 Å². The number of aliphatic carboxylic acids is 1. The fourth-order valence-electron chi connectivity index (χ4n) is 2.84. The predicted octanol–water partition coefficient (Wildman–Crippen LogP) is 0.920. The molecule has 138 valence electrons. The van der Waals surface area contributed by atoms with Crippen molar-refractivity contribution in [3.05, 3.63) is 33.8 Å². The minimum atomic E-state index is -1.20. The molecule has 0 spiro atoms. The number of carboxylic acid groups (broad SMARTS) is 1. The number of carboxylic acids is 1. The van der Waals surface area contributed by atoms with Crippen LogP contribution in [0.4, 0.5) is 4.79 Å². The zero-order valence-corrected chi connectivity index (χ0v) is 16.0. The molecule has 1 fully saturated rings. The number of hydrogen-bond donors (Lipinski definition) is 1. The van der Waals surface area contributed by atoms with Gasteiger partial charge in [-0.2, -0.15) is 0 Å². The largest absolute Gasteiger partial charge is 0.544 e. The van der Waals surface area contributed by atoms with Crippen molar-refractivity contribution in [2.75, 3.05) is 26.2 Å². The molecule has 1 aromatic carbocycles. The van der Waals surface area contributed by atoms with E-state index in [2.05, 4.69) is 0 Å². The second-order valence-electron chi connectivity index (χ2n) is 7.04. The van der Waals surface area contributed by atoms with Crippen LogP contribution in [-0.4, -0.2) is 48.7 Å². The van der Waals surface area contributed by atoms with E-state index in [0.717, 1.165) is 4.90 Å². The zero-order valence-electron chi connectivity index (χ0n) is 14.5. The van der Waals surface area contributed by atoms with Crippen molar-refractivity contribution in [1.82, 2.24) is 4.90 Å². The third-order valence-corrected chi connectivity index (χ3v) is 4.54. The average Bonchev–Trinajstić information content (AvgIpc) is 2.48. The SMILES string of the molecule is CC(C)(C)OC(=O)N1CC[NH+]([C@@H](C(=O)[O-])c2ccc(Cl)cc2Cl)CC1. The summed E-state index contributed by atoms with van der Waals surface area (Å²) in [6.45, 7) is 7.13. The number of hydrogen-bond acceptors (Lipinski definition) is 4. The lowest BCUT2D eigenvalue weighted by Gasteiger charge is -2.37. The lowest BCUT2D eigenvalue weighted by molar-refractivity contribution is -0.928. The highest BCUT2D eigenvalue weighted by Gasteiger charge is 2.33. The molecule has 6 nitrogen and oxygen atoms in total. The maximum Gasteiger partial charge on any atom is 0.410 e. The molecule has 1 saturated heterocycles. The van der Waals surface area contributed by atoms with E-state index in [1.807, 2.05) is 0 Å². The molecule has 0 radical (unpaired) electrons. The van der Waals surface area contributed by atoms with Gasteiger partial charge in [-0.15, -0.1) is 0 Å². The van der Waals surface area contributed by atoms with Crippen LogP contribution >= 0.6 is 23.2 Å². The summed E-state index contributed by atoms with van der Waals surface area (Å²) < 4.78 is 5.35. The van der Waals surface area contributed by atoms with Crippen molar-refractivity contribution >= 4 is 35.3 Å². The van der Waals surface area contributed by atoms with E-state index in [0.29, 0.717) is 41.8 Å². The number of quaternary nitrogens is 1. The molecule has 8 heteroatoms. The van der Waals surface area contributed by atoms with E-state index < -0.39 is 17.6 Å². The van der Waals surface area contributed by atoms with E-state index in [1.165, 1.54) is 6.07 Å². The van der Waals surface area contributed by atoms with Crippen LogP contribution in [0.5, 0.6) is 0 Å². The number of halogens is 2. The number of ether oxygens (including phenoxy) is 1. The van der Waals surface area contributed by atoms with Gasteiger partial charge in [0.15, 0.2) is 6.04 Å². The topological polar surface area (TPSA) is 74.1 Å². The Morgan fingerprint density at radius 3 is 2.32 bits per heavy atom. The monoisotopic (exact) mass is 388 g/mol. The van der Waals surface area contributed by atoms with E-state index >= 15 is 0 Å². The minimum absolute atomic E-state index is 0.295. The van der Waals surface area contributed by atoms with Crippen LogP contribution in [-0.2, 0) is 9.53 Å². The predicted molar refractivity (Wildman–Crippen MR) is 92.7 cm³/mol. The number of nitrogens with zero attached hydrogens (tertiary/aromatic N) is 1. The molecule has 0 saturated carbocycles. The number of nitrogens with one attached hydrogen (secondary N) is 1. The summed E-state index contributed by atoms with van der Waals surface area (Å²) in [6, 6.07) is 3.82. The second-order valence-corrected chi connectivity index (χ2v) is 7.89. The number of rotatable bonds is 3. The molecule has 2 rings (SSSR count). The Morgan fingerprint density at radius 1 is 1.24 bits per heavy atom. The van der Waals surface area contributed by atoms with Crippen molar-refractivity contribution in [3.63, 3.8) is 0 Å². The van der Waals surface area contributed by atoms with Gasteiger partial charge in [-0.05, 0) is 39.0 Å². The van der Waals surface area contributed by atoms with Crippen LogP contribution in [0.3, 0.4) is 0 Å². The summed E-state index contributed by atoms with van der Waals surface area (Å²) in [5, 5.41) is 12.4. The smallest absolute Gasteiger partial charge is 0.410 e. The van der Waals surface area contributed by atoms with Crippen molar-refractivity contribution in [2.24, 2.45) is 0 Å².